The molecule has 0 aliphatic heterocycles. The maximum absolute atomic E-state index is 13.4. The Morgan fingerprint density at radius 1 is 0.706 bits per heavy atom. The monoisotopic (exact) mass is 462 g/mol. The van der Waals surface area contributed by atoms with Gasteiger partial charge >= 0.3 is 11.9 Å². The predicted octanol–water partition coefficient (Wildman–Crippen LogP) is 4.42. The van der Waals surface area contributed by atoms with Gasteiger partial charge in [-0.3, -0.25) is 19.2 Å². The number of benzene rings is 2. The largest absolute Gasteiger partial charge is 0.464 e. The van der Waals surface area contributed by atoms with Gasteiger partial charge in [-0.1, -0.05) is 23.3 Å². The fourth-order valence-corrected chi connectivity index (χ4v) is 3.85. The molecule has 34 heavy (non-hydrogen) atoms. The molecule has 0 fully saturated rings. The summed E-state index contributed by atoms with van der Waals surface area (Å²) in [6, 6.07) is 10.2. The summed E-state index contributed by atoms with van der Waals surface area (Å²) in [4.78, 5) is 50.8. The van der Waals surface area contributed by atoms with Crippen LogP contribution in [0.3, 0.4) is 0 Å². The number of esters is 2. The van der Waals surface area contributed by atoms with Crippen molar-refractivity contribution in [1.29, 1.82) is 0 Å². The minimum atomic E-state index is -1.45. The Balaban J connectivity index is 1.97. The fraction of sp³-hybridized carbons (Fsp3) is 0.231. The standard InChI is InChI=1S/C26H22O8/c1-13-5-7-21-17(9-13)23(29)19(11-31-21)25(33-15(3)27)26(34-16(4)28)20-12-32-22-8-6-14(2)10-18(22)24(20)30/h5-12,25-26H,1-4H3. The van der Waals surface area contributed by atoms with Crippen LogP contribution in [0.25, 0.3) is 21.9 Å². The van der Waals surface area contributed by atoms with Crippen LogP contribution in [0.1, 0.15) is 48.3 Å². The normalized spacial score (nSPS) is 12.9. The molecule has 0 bridgehead atoms. The zero-order valence-corrected chi connectivity index (χ0v) is 19.0. The van der Waals surface area contributed by atoms with Gasteiger partial charge < -0.3 is 18.3 Å². The molecule has 8 heteroatoms. The van der Waals surface area contributed by atoms with Gasteiger partial charge in [0.2, 0.25) is 0 Å². The Hall–Kier alpha value is -4.20. The van der Waals surface area contributed by atoms with Gasteiger partial charge in [0.15, 0.2) is 23.1 Å². The Labute approximate surface area is 193 Å². The lowest BCUT2D eigenvalue weighted by atomic mass is 9.97. The van der Waals surface area contributed by atoms with E-state index < -0.39 is 35.0 Å². The van der Waals surface area contributed by atoms with Crippen molar-refractivity contribution in [2.75, 3.05) is 0 Å². The topological polar surface area (TPSA) is 113 Å². The minimum absolute atomic E-state index is 0.0803. The average Bonchev–Trinajstić information content (AvgIpc) is 2.77. The van der Waals surface area contributed by atoms with E-state index in [4.69, 9.17) is 18.3 Å². The lowest BCUT2D eigenvalue weighted by Crippen LogP contribution is -2.29. The number of carbonyl (C=O) groups excluding carboxylic acids is 2. The van der Waals surface area contributed by atoms with Gasteiger partial charge in [0.1, 0.15) is 23.7 Å². The quantitative estimate of drug-likeness (QED) is 0.401. The summed E-state index contributed by atoms with van der Waals surface area (Å²) in [6.45, 7) is 5.94. The van der Waals surface area contributed by atoms with Crippen molar-refractivity contribution in [1.82, 2.24) is 0 Å². The zero-order chi connectivity index (χ0) is 24.6. The van der Waals surface area contributed by atoms with E-state index >= 15 is 0 Å². The summed E-state index contributed by atoms with van der Waals surface area (Å²) >= 11 is 0. The SMILES string of the molecule is CC(=O)OC(c1coc2ccc(C)cc2c1=O)C(OC(C)=O)c1coc2ccc(C)cc2c1=O. The molecule has 0 spiro atoms. The van der Waals surface area contributed by atoms with Crippen LogP contribution in [0.15, 0.2) is 67.3 Å². The predicted molar refractivity (Wildman–Crippen MR) is 123 cm³/mol. The highest BCUT2D eigenvalue weighted by Gasteiger charge is 2.36. The first kappa shape index (κ1) is 23.0. The minimum Gasteiger partial charge on any atom is -0.464 e. The first-order valence-corrected chi connectivity index (χ1v) is 10.5. The van der Waals surface area contributed by atoms with Crippen LogP contribution in [0, 0.1) is 13.8 Å². The van der Waals surface area contributed by atoms with E-state index in [1.165, 1.54) is 0 Å². The van der Waals surface area contributed by atoms with E-state index in [0.29, 0.717) is 11.2 Å². The molecule has 2 aromatic carbocycles. The lowest BCUT2D eigenvalue weighted by Gasteiger charge is -2.25. The van der Waals surface area contributed by atoms with Crippen molar-refractivity contribution in [2.45, 2.75) is 39.9 Å². The Morgan fingerprint density at radius 2 is 1.09 bits per heavy atom. The number of hydrogen-bond donors (Lipinski definition) is 0. The van der Waals surface area contributed by atoms with Gasteiger partial charge in [-0.25, -0.2) is 0 Å². The molecule has 8 nitrogen and oxygen atoms in total. The number of carbonyl (C=O) groups is 2. The Kier molecular flexibility index (Phi) is 6.06. The molecule has 2 unspecified atom stereocenters. The van der Waals surface area contributed by atoms with Gasteiger partial charge in [-0.05, 0) is 38.1 Å². The summed E-state index contributed by atoms with van der Waals surface area (Å²) in [5.41, 5.74) is 1.21. The van der Waals surface area contributed by atoms with Gasteiger partial charge in [-0.15, -0.1) is 0 Å². The molecular formula is C26H22O8. The molecule has 4 rings (SSSR count). The molecule has 0 radical (unpaired) electrons. The average molecular weight is 462 g/mol. The van der Waals surface area contributed by atoms with E-state index in [1.54, 1.807) is 36.4 Å². The van der Waals surface area contributed by atoms with E-state index in [0.717, 1.165) is 37.5 Å². The van der Waals surface area contributed by atoms with Crippen molar-refractivity contribution in [2.24, 2.45) is 0 Å². The first-order valence-electron chi connectivity index (χ1n) is 10.5. The second kappa shape index (κ2) is 8.97. The van der Waals surface area contributed by atoms with Crippen LogP contribution in [-0.4, -0.2) is 11.9 Å². The molecule has 2 heterocycles. The van der Waals surface area contributed by atoms with Gasteiger partial charge in [-0.2, -0.15) is 0 Å². The molecule has 2 atom stereocenters. The molecule has 0 aliphatic carbocycles. The molecule has 2 aromatic heterocycles. The number of hydrogen-bond acceptors (Lipinski definition) is 8. The van der Waals surface area contributed by atoms with Crippen molar-refractivity contribution >= 4 is 33.9 Å². The van der Waals surface area contributed by atoms with Crippen molar-refractivity contribution < 1.29 is 27.9 Å². The molecule has 4 aromatic rings. The summed E-state index contributed by atoms with van der Waals surface area (Å²) in [5.74, 6) is -1.49. The van der Waals surface area contributed by atoms with Crippen molar-refractivity contribution in [3.05, 3.63) is 91.6 Å². The summed E-state index contributed by atoms with van der Waals surface area (Å²) in [7, 11) is 0. The van der Waals surface area contributed by atoms with Crippen LogP contribution < -0.4 is 10.9 Å². The summed E-state index contributed by atoms with van der Waals surface area (Å²) < 4.78 is 22.1. The van der Waals surface area contributed by atoms with Crippen LogP contribution in [0.4, 0.5) is 0 Å². The van der Waals surface area contributed by atoms with E-state index in [-0.39, 0.29) is 21.9 Å². The van der Waals surface area contributed by atoms with Crippen molar-refractivity contribution in [3.63, 3.8) is 0 Å². The second-order valence-electron chi connectivity index (χ2n) is 8.10. The third-order valence-electron chi connectivity index (χ3n) is 5.38. The Bertz CT molecular complexity index is 1430. The maximum Gasteiger partial charge on any atom is 0.303 e. The molecular weight excluding hydrogens is 440 g/mol. The summed E-state index contributed by atoms with van der Waals surface area (Å²) in [5, 5.41) is 0.523. The smallest absolute Gasteiger partial charge is 0.303 e. The lowest BCUT2D eigenvalue weighted by molar-refractivity contribution is -0.167. The Morgan fingerprint density at radius 3 is 1.44 bits per heavy atom. The van der Waals surface area contributed by atoms with Crippen LogP contribution >= 0.6 is 0 Å². The zero-order valence-electron chi connectivity index (χ0n) is 19.0. The summed E-state index contributed by atoms with van der Waals surface area (Å²) in [6.07, 6.45) is -0.603. The van der Waals surface area contributed by atoms with Crippen LogP contribution in [-0.2, 0) is 19.1 Å². The van der Waals surface area contributed by atoms with Gasteiger partial charge in [0.25, 0.3) is 0 Å². The first-order chi connectivity index (χ1) is 16.2. The maximum atomic E-state index is 13.4. The fourth-order valence-electron chi connectivity index (χ4n) is 3.85. The molecule has 174 valence electrons. The highest BCUT2D eigenvalue weighted by atomic mass is 16.6. The highest BCUT2D eigenvalue weighted by Crippen LogP contribution is 2.34. The van der Waals surface area contributed by atoms with E-state index in [9.17, 15) is 19.2 Å². The number of fused-ring (bicyclic) bond motifs is 2. The van der Waals surface area contributed by atoms with Crippen molar-refractivity contribution in [3.8, 4) is 0 Å². The molecule has 0 saturated heterocycles. The number of rotatable bonds is 5. The van der Waals surface area contributed by atoms with Crippen LogP contribution in [0.5, 0.6) is 0 Å². The van der Waals surface area contributed by atoms with E-state index in [1.807, 2.05) is 13.8 Å². The molecule has 0 aliphatic rings. The second-order valence-corrected chi connectivity index (χ2v) is 8.10. The third kappa shape index (κ3) is 4.34. The molecule has 0 amide bonds. The van der Waals surface area contributed by atoms with E-state index in [2.05, 4.69) is 0 Å². The third-order valence-corrected chi connectivity index (χ3v) is 5.38. The number of aryl methyl sites for hydroxylation is 2. The van der Waals surface area contributed by atoms with Crippen LogP contribution in [0.2, 0.25) is 0 Å². The highest BCUT2D eigenvalue weighted by molar-refractivity contribution is 5.79. The number of ether oxygens (including phenoxy) is 2. The molecule has 0 N–H and O–H groups in total. The van der Waals surface area contributed by atoms with Gasteiger partial charge in [0, 0.05) is 13.8 Å². The van der Waals surface area contributed by atoms with Gasteiger partial charge in [0.05, 0.1) is 21.9 Å². The molecule has 0 saturated carbocycles.